The first kappa shape index (κ1) is 17.3. The lowest BCUT2D eigenvalue weighted by Crippen LogP contribution is -2.19. The second-order valence-corrected chi connectivity index (χ2v) is 6.32. The summed E-state index contributed by atoms with van der Waals surface area (Å²) in [5.41, 5.74) is 1.63. The van der Waals surface area contributed by atoms with Gasteiger partial charge in [0, 0.05) is 5.02 Å². The molecule has 0 bridgehead atoms. The van der Waals surface area contributed by atoms with Crippen LogP contribution in [0.2, 0.25) is 5.02 Å². The van der Waals surface area contributed by atoms with Crippen LogP contribution >= 0.6 is 22.9 Å². The zero-order valence-electron chi connectivity index (χ0n) is 12.9. The molecule has 1 N–H and O–H groups in total. The van der Waals surface area contributed by atoms with Crippen LogP contribution in [0, 0.1) is 13.8 Å². The third-order valence-electron chi connectivity index (χ3n) is 3.05. The van der Waals surface area contributed by atoms with E-state index in [0.717, 1.165) is 11.1 Å². The number of hydrogen-bond acceptors (Lipinski definition) is 5. The Morgan fingerprint density at radius 3 is 2.61 bits per heavy atom. The Kier molecular flexibility index (Phi) is 5.63. The summed E-state index contributed by atoms with van der Waals surface area (Å²) in [4.78, 5) is 23.9. The highest BCUT2D eigenvalue weighted by Gasteiger charge is 2.15. The van der Waals surface area contributed by atoms with E-state index in [1.807, 2.05) is 6.92 Å². The standard InChI is InChI=1S/C16H16ClNO4S/c1-9-6-11(4-5-12(9)17)22-8-13(19)18-14-7-10(2)15(23-14)16(20)21-3/h4-7H,8H2,1-3H3,(H,18,19). The molecule has 0 fully saturated rings. The van der Waals surface area contributed by atoms with E-state index in [2.05, 4.69) is 10.1 Å². The average molecular weight is 354 g/mol. The van der Waals surface area contributed by atoms with Crippen molar-refractivity contribution in [3.63, 3.8) is 0 Å². The Labute approximate surface area is 143 Å². The molecule has 0 saturated heterocycles. The Morgan fingerprint density at radius 2 is 1.96 bits per heavy atom. The van der Waals surface area contributed by atoms with Gasteiger partial charge in [-0.15, -0.1) is 11.3 Å². The van der Waals surface area contributed by atoms with E-state index in [1.165, 1.54) is 18.4 Å². The van der Waals surface area contributed by atoms with Crippen molar-refractivity contribution in [2.45, 2.75) is 13.8 Å². The van der Waals surface area contributed by atoms with Crippen LogP contribution in [0.15, 0.2) is 24.3 Å². The molecule has 0 saturated carbocycles. The molecule has 0 aliphatic rings. The number of halogens is 1. The van der Waals surface area contributed by atoms with Crippen molar-refractivity contribution in [2.75, 3.05) is 19.0 Å². The van der Waals surface area contributed by atoms with Crippen LogP contribution in [0.5, 0.6) is 5.75 Å². The average Bonchev–Trinajstić information content (AvgIpc) is 2.88. The molecule has 0 atom stereocenters. The first-order valence-corrected chi connectivity index (χ1v) is 7.97. The zero-order chi connectivity index (χ0) is 17.0. The highest BCUT2D eigenvalue weighted by molar-refractivity contribution is 7.18. The molecule has 1 amide bonds. The van der Waals surface area contributed by atoms with E-state index in [4.69, 9.17) is 16.3 Å². The molecule has 23 heavy (non-hydrogen) atoms. The molecule has 1 aromatic carbocycles. The second-order valence-electron chi connectivity index (χ2n) is 4.86. The van der Waals surface area contributed by atoms with Gasteiger partial charge in [0.1, 0.15) is 10.6 Å². The molecular weight excluding hydrogens is 338 g/mol. The quantitative estimate of drug-likeness (QED) is 0.830. The highest BCUT2D eigenvalue weighted by atomic mass is 35.5. The first-order valence-electron chi connectivity index (χ1n) is 6.78. The fourth-order valence-corrected chi connectivity index (χ4v) is 2.99. The summed E-state index contributed by atoms with van der Waals surface area (Å²) in [7, 11) is 1.32. The van der Waals surface area contributed by atoms with Gasteiger partial charge in [-0.1, -0.05) is 11.6 Å². The van der Waals surface area contributed by atoms with E-state index in [1.54, 1.807) is 31.2 Å². The summed E-state index contributed by atoms with van der Waals surface area (Å²) >= 11 is 7.10. The van der Waals surface area contributed by atoms with Crippen LogP contribution in [-0.4, -0.2) is 25.6 Å². The van der Waals surface area contributed by atoms with E-state index in [0.29, 0.717) is 20.7 Å². The third kappa shape index (κ3) is 4.46. The fourth-order valence-electron chi connectivity index (χ4n) is 1.87. The van der Waals surface area contributed by atoms with Gasteiger partial charge in [0.2, 0.25) is 0 Å². The highest BCUT2D eigenvalue weighted by Crippen LogP contribution is 2.27. The molecule has 2 rings (SSSR count). The topological polar surface area (TPSA) is 64.6 Å². The lowest BCUT2D eigenvalue weighted by atomic mass is 10.2. The van der Waals surface area contributed by atoms with Crippen molar-refractivity contribution in [3.8, 4) is 5.75 Å². The molecule has 1 aromatic heterocycles. The Balaban J connectivity index is 1.94. The molecule has 0 radical (unpaired) electrons. The van der Waals surface area contributed by atoms with Crippen molar-refractivity contribution >= 4 is 39.8 Å². The molecule has 1 heterocycles. The van der Waals surface area contributed by atoms with Gasteiger partial charge in [0.05, 0.1) is 12.1 Å². The number of esters is 1. The van der Waals surface area contributed by atoms with Gasteiger partial charge >= 0.3 is 5.97 Å². The molecule has 2 aromatic rings. The number of amides is 1. The van der Waals surface area contributed by atoms with E-state index < -0.39 is 5.97 Å². The minimum atomic E-state index is -0.416. The van der Waals surface area contributed by atoms with Crippen molar-refractivity contribution in [3.05, 3.63) is 45.3 Å². The summed E-state index contributed by atoms with van der Waals surface area (Å²) in [6.07, 6.45) is 0. The molecule has 5 nitrogen and oxygen atoms in total. The number of rotatable bonds is 5. The smallest absolute Gasteiger partial charge is 0.348 e. The number of anilines is 1. The van der Waals surface area contributed by atoms with Gasteiger partial charge < -0.3 is 14.8 Å². The molecule has 0 unspecified atom stereocenters. The minimum Gasteiger partial charge on any atom is -0.484 e. The lowest BCUT2D eigenvalue weighted by molar-refractivity contribution is -0.118. The predicted molar refractivity (Wildman–Crippen MR) is 90.7 cm³/mol. The molecule has 0 aliphatic carbocycles. The van der Waals surface area contributed by atoms with Crippen molar-refractivity contribution in [1.29, 1.82) is 0 Å². The fraction of sp³-hybridized carbons (Fsp3) is 0.250. The lowest BCUT2D eigenvalue weighted by Gasteiger charge is -2.07. The van der Waals surface area contributed by atoms with Gasteiger partial charge in [-0.25, -0.2) is 4.79 Å². The van der Waals surface area contributed by atoms with E-state index in [-0.39, 0.29) is 12.5 Å². The van der Waals surface area contributed by atoms with Crippen molar-refractivity contribution in [1.82, 2.24) is 0 Å². The summed E-state index contributed by atoms with van der Waals surface area (Å²) < 4.78 is 10.1. The van der Waals surface area contributed by atoms with Crippen LogP contribution in [0.25, 0.3) is 0 Å². The molecule has 7 heteroatoms. The van der Waals surface area contributed by atoms with Gasteiger partial charge in [-0.3, -0.25) is 4.79 Å². The number of nitrogens with one attached hydrogen (secondary N) is 1. The van der Waals surface area contributed by atoms with Gasteiger partial charge in [0.15, 0.2) is 6.61 Å². The maximum atomic E-state index is 11.9. The van der Waals surface area contributed by atoms with Crippen LogP contribution in [-0.2, 0) is 9.53 Å². The molecule has 0 aliphatic heterocycles. The number of carbonyl (C=O) groups excluding carboxylic acids is 2. The summed E-state index contributed by atoms with van der Waals surface area (Å²) in [6.45, 7) is 3.51. The summed E-state index contributed by atoms with van der Waals surface area (Å²) in [5, 5.41) is 3.92. The summed E-state index contributed by atoms with van der Waals surface area (Å²) in [5.74, 6) is -0.157. The van der Waals surface area contributed by atoms with Crippen LogP contribution in [0.1, 0.15) is 20.8 Å². The number of methoxy groups -OCH3 is 1. The Hall–Kier alpha value is -2.05. The van der Waals surface area contributed by atoms with E-state index in [9.17, 15) is 9.59 Å². The SMILES string of the molecule is COC(=O)c1sc(NC(=O)COc2ccc(Cl)c(C)c2)cc1C. The largest absolute Gasteiger partial charge is 0.484 e. The maximum Gasteiger partial charge on any atom is 0.348 e. The number of benzene rings is 1. The first-order chi connectivity index (χ1) is 10.9. The summed E-state index contributed by atoms with van der Waals surface area (Å²) in [6, 6.07) is 6.91. The number of carbonyl (C=O) groups is 2. The second kappa shape index (κ2) is 7.48. The van der Waals surface area contributed by atoms with Gasteiger partial charge in [-0.05, 0) is 49.2 Å². The van der Waals surface area contributed by atoms with Gasteiger partial charge in [-0.2, -0.15) is 0 Å². The van der Waals surface area contributed by atoms with Crippen LogP contribution in [0.3, 0.4) is 0 Å². The normalized spacial score (nSPS) is 10.3. The van der Waals surface area contributed by atoms with Crippen molar-refractivity contribution < 1.29 is 19.1 Å². The number of thiophene rings is 1. The van der Waals surface area contributed by atoms with Crippen molar-refractivity contribution in [2.24, 2.45) is 0 Å². The molecule has 122 valence electrons. The third-order valence-corrected chi connectivity index (χ3v) is 4.61. The zero-order valence-corrected chi connectivity index (χ0v) is 14.5. The predicted octanol–water partition coefficient (Wildman–Crippen LogP) is 3.82. The number of hydrogen-bond donors (Lipinski definition) is 1. The molecule has 0 spiro atoms. The Bertz CT molecular complexity index is 742. The maximum absolute atomic E-state index is 11.9. The van der Waals surface area contributed by atoms with Gasteiger partial charge in [0.25, 0.3) is 5.91 Å². The van der Waals surface area contributed by atoms with E-state index >= 15 is 0 Å². The molecular formula is C16H16ClNO4S. The Morgan fingerprint density at radius 1 is 1.22 bits per heavy atom. The monoisotopic (exact) mass is 353 g/mol. The number of aryl methyl sites for hydroxylation is 2. The minimum absolute atomic E-state index is 0.133. The van der Waals surface area contributed by atoms with Crippen LogP contribution < -0.4 is 10.1 Å². The number of ether oxygens (including phenoxy) is 2. The van der Waals surface area contributed by atoms with Crippen LogP contribution in [0.4, 0.5) is 5.00 Å².